The van der Waals surface area contributed by atoms with Gasteiger partial charge in [-0.15, -0.1) is 0 Å². The molecule has 0 aromatic rings. The number of aliphatic carboxylic acids is 1. The van der Waals surface area contributed by atoms with Crippen molar-refractivity contribution in [1.29, 1.82) is 0 Å². The van der Waals surface area contributed by atoms with Gasteiger partial charge in [0, 0.05) is 12.6 Å². The number of nitrogens with zero attached hydrogens (tertiary/aromatic N) is 1. The van der Waals surface area contributed by atoms with Crippen LogP contribution in [-0.2, 0) is 4.79 Å². The van der Waals surface area contributed by atoms with Gasteiger partial charge >= 0.3 is 5.97 Å². The largest absolute Gasteiger partial charge is 0.481 e. The van der Waals surface area contributed by atoms with E-state index in [0.29, 0.717) is 6.04 Å². The zero-order valence-electron chi connectivity index (χ0n) is 9.02. The van der Waals surface area contributed by atoms with E-state index in [1.165, 1.54) is 24.3 Å². The Morgan fingerprint density at radius 1 is 1.27 bits per heavy atom. The maximum absolute atomic E-state index is 11.0. The summed E-state index contributed by atoms with van der Waals surface area (Å²) in [6, 6.07) is 0.661. The molecule has 2 fully saturated rings. The highest BCUT2D eigenvalue weighted by Gasteiger charge is 2.30. The fourth-order valence-corrected chi connectivity index (χ4v) is 3.67. The SMILES string of the molecule is O=C(O)[C@H]1CCCN(C2CCSCC2)C1. The predicted molar refractivity (Wildman–Crippen MR) is 62.3 cm³/mol. The summed E-state index contributed by atoms with van der Waals surface area (Å²) in [4.78, 5) is 13.4. The number of hydrogen-bond acceptors (Lipinski definition) is 3. The van der Waals surface area contributed by atoms with Gasteiger partial charge in [-0.3, -0.25) is 9.69 Å². The second kappa shape index (κ2) is 5.21. The summed E-state index contributed by atoms with van der Waals surface area (Å²) < 4.78 is 0. The Hall–Kier alpha value is -0.220. The molecule has 4 heteroatoms. The zero-order valence-corrected chi connectivity index (χ0v) is 9.84. The summed E-state index contributed by atoms with van der Waals surface area (Å²) in [5.41, 5.74) is 0. The molecule has 0 spiro atoms. The van der Waals surface area contributed by atoms with Crippen molar-refractivity contribution < 1.29 is 9.90 Å². The minimum atomic E-state index is -0.607. The molecule has 2 heterocycles. The van der Waals surface area contributed by atoms with Crippen LogP contribution in [0.5, 0.6) is 0 Å². The third kappa shape index (κ3) is 2.88. The summed E-state index contributed by atoms with van der Waals surface area (Å²) in [5.74, 6) is 1.77. The van der Waals surface area contributed by atoms with Gasteiger partial charge in [0.05, 0.1) is 5.92 Å². The molecule has 0 aromatic heterocycles. The second-order valence-corrected chi connectivity index (χ2v) is 5.74. The van der Waals surface area contributed by atoms with E-state index in [0.717, 1.165) is 25.9 Å². The number of rotatable bonds is 2. The van der Waals surface area contributed by atoms with Crippen LogP contribution < -0.4 is 0 Å². The molecule has 0 unspecified atom stereocenters. The molecule has 0 amide bonds. The molecule has 0 aromatic carbocycles. The Morgan fingerprint density at radius 2 is 2.00 bits per heavy atom. The Balaban J connectivity index is 1.88. The molecule has 0 aliphatic carbocycles. The number of hydrogen-bond donors (Lipinski definition) is 1. The van der Waals surface area contributed by atoms with Crippen LogP contribution in [-0.4, -0.2) is 46.6 Å². The van der Waals surface area contributed by atoms with Crippen LogP contribution >= 0.6 is 11.8 Å². The molecule has 0 bridgehead atoms. The van der Waals surface area contributed by atoms with E-state index in [1.807, 2.05) is 11.8 Å². The number of carbonyl (C=O) groups is 1. The zero-order chi connectivity index (χ0) is 10.7. The molecule has 86 valence electrons. The third-order valence-corrected chi connectivity index (χ3v) is 4.56. The topological polar surface area (TPSA) is 40.5 Å². The van der Waals surface area contributed by atoms with Crippen molar-refractivity contribution >= 4 is 17.7 Å². The molecular formula is C11H19NO2S. The summed E-state index contributed by atoms with van der Waals surface area (Å²) in [7, 11) is 0. The molecule has 1 N–H and O–H groups in total. The summed E-state index contributed by atoms with van der Waals surface area (Å²) in [6.07, 6.45) is 4.42. The van der Waals surface area contributed by atoms with Crippen molar-refractivity contribution in [2.24, 2.45) is 5.92 Å². The number of likely N-dealkylation sites (tertiary alicyclic amines) is 1. The maximum atomic E-state index is 11.0. The first kappa shape index (κ1) is 11.3. The van der Waals surface area contributed by atoms with Crippen molar-refractivity contribution in [3.8, 4) is 0 Å². The van der Waals surface area contributed by atoms with Crippen molar-refractivity contribution in [2.75, 3.05) is 24.6 Å². The fraction of sp³-hybridized carbons (Fsp3) is 0.909. The highest BCUT2D eigenvalue weighted by molar-refractivity contribution is 7.99. The first-order valence-corrected chi connectivity index (χ1v) is 6.97. The van der Waals surface area contributed by atoms with Crippen molar-refractivity contribution in [2.45, 2.75) is 31.7 Å². The predicted octanol–water partition coefficient (Wildman–Crippen LogP) is 1.68. The van der Waals surface area contributed by atoms with E-state index in [1.54, 1.807) is 0 Å². The normalized spacial score (nSPS) is 30.3. The van der Waals surface area contributed by atoms with E-state index in [-0.39, 0.29) is 5.92 Å². The van der Waals surface area contributed by atoms with Gasteiger partial charge in [0.15, 0.2) is 0 Å². The third-order valence-electron chi connectivity index (χ3n) is 3.51. The number of carboxylic acid groups (broad SMARTS) is 1. The van der Waals surface area contributed by atoms with E-state index < -0.39 is 5.97 Å². The van der Waals surface area contributed by atoms with Gasteiger partial charge in [-0.25, -0.2) is 0 Å². The molecule has 0 radical (unpaired) electrons. The van der Waals surface area contributed by atoms with Gasteiger partial charge in [0.25, 0.3) is 0 Å². The standard InChI is InChI=1S/C11H19NO2S/c13-11(14)9-2-1-5-12(8-9)10-3-6-15-7-4-10/h9-10H,1-8H2,(H,13,14)/t9-/m0/s1. The highest BCUT2D eigenvalue weighted by atomic mass is 32.2. The average Bonchev–Trinajstić information content (AvgIpc) is 2.30. The molecular weight excluding hydrogens is 210 g/mol. The van der Waals surface area contributed by atoms with Crippen LogP contribution in [0.4, 0.5) is 0 Å². The molecule has 2 aliphatic heterocycles. The van der Waals surface area contributed by atoms with Gasteiger partial charge < -0.3 is 5.11 Å². The van der Waals surface area contributed by atoms with E-state index >= 15 is 0 Å². The lowest BCUT2D eigenvalue weighted by molar-refractivity contribution is -0.144. The average molecular weight is 229 g/mol. The van der Waals surface area contributed by atoms with Crippen LogP contribution in [0.1, 0.15) is 25.7 Å². The number of carboxylic acids is 1. The van der Waals surface area contributed by atoms with Gasteiger partial charge in [0.2, 0.25) is 0 Å². The molecule has 15 heavy (non-hydrogen) atoms. The smallest absolute Gasteiger partial charge is 0.307 e. The molecule has 2 saturated heterocycles. The monoisotopic (exact) mass is 229 g/mol. The molecule has 3 nitrogen and oxygen atoms in total. The minimum Gasteiger partial charge on any atom is -0.481 e. The van der Waals surface area contributed by atoms with Gasteiger partial charge in [-0.1, -0.05) is 0 Å². The van der Waals surface area contributed by atoms with E-state index in [4.69, 9.17) is 5.11 Å². The Kier molecular flexibility index (Phi) is 3.92. The van der Waals surface area contributed by atoms with Crippen LogP contribution in [0.25, 0.3) is 0 Å². The van der Waals surface area contributed by atoms with Gasteiger partial charge in [-0.05, 0) is 43.7 Å². The van der Waals surface area contributed by atoms with Crippen LogP contribution in [0.15, 0.2) is 0 Å². The summed E-state index contributed by atoms with van der Waals surface area (Å²) in [5, 5.41) is 9.02. The molecule has 0 saturated carbocycles. The maximum Gasteiger partial charge on any atom is 0.307 e. The van der Waals surface area contributed by atoms with E-state index in [2.05, 4.69) is 4.90 Å². The summed E-state index contributed by atoms with van der Waals surface area (Å²) in [6.45, 7) is 1.89. The van der Waals surface area contributed by atoms with Crippen molar-refractivity contribution in [3.05, 3.63) is 0 Å². The van der Waals surface area contributed by atoms with Crippen molar-refractivity contribution in [1.82, 2.24) is 4.90 Å². The Bertz CT molecular complexity index is 229. The number of thioether (sulfide) groups is 1. The first-order valence-electron chi connectivity index (χ1n) is 5.82. The number of piperidine rings is 1. The van der Waals surface area contributed by atoms with Crippen LogP contribution in [0, 0.1) is 5.92 Å². The second-order valence-electron chi connectivity index (χ2n) is 4.52. The van der Waals surface area contributed by atoms with Gasteiger partial charge in [0.1, 0.15) is 0 Å². The Labute approximate surface area is 95.2 Å². The van der Waals surface area contributed by atoms with Gasteiger partial charge in [-0.2, -0.15) is 11.8 Å². The van der Waals surface area contributed by atoms with Crippen LogP contribution in [0.3, 0.4) is 0 Å². The quantitative estimate of drug-likeness (QED) is 0.782. The van der Waals surface area contributed by atoms with Crippen LogP contribution in [0.2, 0.25) is 0 Å². The minimum absolute atomic E-state index is 0.117. The van der Waals surface area contributed by atoms with E-state index in [9.17, 15) is 4.79 Å². The lowest BCUT2D eigenvalue weighted by Crippen LogP contribution is -2.46. The molecule has 2 rings (SSSR count). The molecule has 2 aliphatic rings. The van der Waals surface area contributed by atoms with Crippen molar-refractivity contribution in [3.63, 3.8) is 0 Å². The molecule has 1 atom stereocenters. The summed E-state index contributed by atoms with van der Waals surface area (Å²) >= 11 is 2.03. The first-order chi connectivity index (χ1) is 7.27. The fourth-order valence-electron chi connectivity index (χ4n) is 2.59. The Morgan fingerprint density at radius 3 is 2.67 bits per heavy atom. The lowest BCUT2D eigenvalue weighted by atomic mass is 9.95. The highest BCUT2D eigenvalue weighted by Crippen LogP contribution is 2.26. The lowest BCUT2D eigenvalue weighted by Gasteiger charge is -2.38.